The van der Waals surface area contributed by atoms with Gasteiger partial charge in [-0.3, -0.25) is 9.10 Å². The minimum absolute atomic E-state index is 0.0764. The number of ether oxygens (including phenoxy) is 3. The maximum Gasteiger partial charge on any atom is 0.264 e. The number of anilines is 1. The Balaban J connectivity index is 2.45. The maximum atomic E-state index is 13.3. The standard InChI is InChI=1S/C20H26N2O6S/c1-15(14-26-2)21-20(23)13-22(29(24,25)17-8-6-5-7-9-17)16-10-11-18(27-3)19(12-16)28-4/h5-12,15H,13-14H2,1-4H3,(H,21,23)/t15-/m1/s1. The third-order valence-electron chi connectivity index (χ3n) is 4.10. The molecule has 0 radical (unpaired) electrons. The van der Waals surface area contributed by atoms with Gasteiger partial charge in [0.05, 0.1) is 31.4 Å². The first-order valence-corrected chi connectivity index (χ1v) is 10.4. The minimum Gasteiger partial charge on any atom is -0.493 e. The van der Waals surface area contributed by atoms with E-state index in [0.717, 1.165) is 4.31 Å². The fourth-order valence-electron chi connectivity index (χ4n) is 2.76. The fraction of sp³-hybridized carbons (Fsp3) is 0.350. The van der Waals surface area contributed by atoms with Crippen LogP contribution in [0.3, 0.4) is 0 Å². The molecule has 29 heavy (non-hydrogen) atoms. The normalized spacial score (nSPS) is 12.1. The molecule has 0 aliphatic rings. The van der Waals surface area contributed by atoms with Crippen LogP contribution < -0.4 is 19.1 Å². The van der Waals surface area contributed by atoms with E-state index in [2.05, 4.69) is 5.32 Å². The Kier molecular flexibility index (Phi) is 7.86. The van der Waals surface area contributed by atoms with Crippen LogP contribution in [0.1, 0.15) is 6.92 Å². The van der Waals surface area contributed by atoms with Gasteiger partial charge in [-0.05, 0) is 31.2 Å². The van der Waals surface area contributed by atoms with Gasteiger partial charge in [0, 0.05) is 19.2 Å². The van der Waals surface area contributed by atoms with Crippen molar-refractivity contribution >= 4 is 21.6 Å². The lowest BCUT2D eigenvalue weighted by molar-refractivity contribution is -0.120. The summed E-state index contributed by atoms with van der Waals surface area (Å²) in [6.07, 6.45) is 0. The molecular weight excluding hydrogens is 396 g/mol. The number of carbonyl (C=O) groups excluding carboxylic acids is 1. The number of hydrogen-bond donors (Lipinski definition) is 1. The Morgan fingerprint density at radius 3 is 2.28 bits per heavy atom. The topological polar surface area (TPSA) is 94.2 Å². The summed E-state index contributed by atoms with van der Waals surface area (Å²) in [5, 5.41) is 2.73. The van der Waals surface area contributed by atoms with Gasteiger partial charge in [-0.1, -0.05) is 18.2 Å². The largest absolute Gasteiger partial charge is 0.493 e. The molecule has 0 bridgehead atoms. The summed E-state index contributed by atoms with van der Waals surface area (Å²) >= 11 is 0. The van der Waals surface area contributed by atoms with Gasteiger partial charge in [-0.2, -0.15) is 0 Å². The molecule has 0 unspecified atom stereocenters. The molecule has 0 saturated heterocycles. The molecule has 0 fully saturated rings. The molecule has 8 nitrogen and oxygen atoms in total. The summed E-state index contributed by atoms with van der Waals surface area (Å²) in [7, 11) is 0.471. The number of methoxy groups -OCH3 is 3. The fourth-order valence-corrected chi connectivity index (χ4v) is 4.19. The molecule has 0 aromatic heterocycles. The summed E-state index contributed by atoms with van der Waals surface area (Å²) in [6, 6.07) is 12.3. The molecule has 2 rings (SSSR count). The first-order valence-electron chi connectivity index (χ1n) is 8.91. The highest BCUT2D eigenvalue weighted by Crippen LogP contribution is 2.33. The van der Waals surface area contributed by atoms with Crippen LogP contribution in [-0.2, 0) is 19.6 Å². The second-order valence-corrected chi connectivity index (χ2v) is 8.15. The summed E-state index contributed by atoms with van der Waals surface area (Å²) < 4.78 is 43.1. The molecule has 0 aliphatic heterocycles. The minimum atomic E-state index is -4.00. The predicted octanol–water partition coefficient (Wildman–Crippen LogP) is 2.05. The Morgan fingerprint density at radius 2 is 1.69 bits per heavy atom. The Labute approximate surface area is 171 Å². The summed E-state index contributed by atoms with van der Waals surface area (Å²) in [6.45, 7) is 1.68. The van der Waals surface area contributed by atoms with Crippen LogP contribution >= 0.6 is 0 Å². The number of nitrogens with zero attached hydrogens (tertiary/aromatic N) is 1. The van der Waals surface area contributed by atoms with Crippen LogP contribution in [-0.4, -0.2) is 54.8 Å². The van der Waals surface area contributed by atoms with E-state index < -0.39 is 22.5 Å². The number of carbonyl (C=O) groups is 1. The molecule has 1 amide bonds. The van der Waals surface area contributed by atoms with Crippen molar-refractivity contribution in [3.63, 3.8) is 0 Å². The highest BCUT2D eigenvalue weighted by Gasteiger charge is 2.28. The predicted molar refractivity (Wildman–Crippen MR) is 110 cm³/mol. The Bertz CT molecular complexity index is 918. The summed E-state index contributed by atoms with van der Waals surface area (Å²) in [4.78, 5) is 12.6. The highest BCUT2D eigenvalue weighted by molar-refractivity contribution is 7.92. The van der Waals surface area contributed by atoms with Gasteiger partial charge in [0.15, 0.2) is 11.5 Å². The first-order chi connectivity index (χ1) is 13.8. The number of sulfonamides is 1. The van der Waals surface area contributed by atoms with Crippen LogP contribution in [0.2, 0.25) is 0 Å². The molecule has 158 valence electrons. The number of nitrogens with one attached hydrogen (secondary N) is 1. The zero-order chi connectivity index (χ0) is 21.4. The van der Waals surface area contributed by atoms with E-state index >= 15 is 0 Å². The van der Waals surface area contributed by atoms with E-state index in [4.69, 9.17) is 14.2 Å². The highest BCUT2D eigenvalue weighted by atomic mass is 32.2. The van der Waals surface area contributed by atoms with E-state index in [1.54, 1.807) is 37.3 Å². The molecule has 0 aliphatic carbocycles. The lowest BCUT2D eigenvalue weighted by atomic mass is 10.2. The lowest BCUT2D eigenvalue weighted by Gasteiger charge is -2.25. The van der Waals surface area contributed by atoms with Gasteiger partial charge in [0.1, 0.15) is 6.54 Å². The third-order valence-corrected chi connectivity index (χ3v) is 5.89. The summed E-state index contributed by atoms with van der Waals surface area (Å²) in [5.41, 5.74) is 0.279. The van der Waals surface area contributed by atoms with Gasteiger partial charge in [0.2, 0.25) is 5.91 Å². The summed E-state index contributed by atoms with van der Waals surface area (Å²) in [5.74, 6) is 0.349. The number of rotatable bonds is 10. The van der Waals surface area contributed by atoms with Crippen molar-refractivity contribution in [1.82, 2.24) is 5.32 Å². The van der Waals surface area contributed by atoms with Crippen molar-refractivity contribution in [2.75, 3.05) is 38.8 Å². The van der Waals surface area contributed by atoms with Crippen molar-refractivity contribution in [1.29, 1.82) is 0 Å². The Morgan fingerprint density at radius 1 is 1.03 bits per heavy atom. The molecule has 9 heteroatoms. The average molecular weight is 423 g/mol. The maximum absolute atomic E-state index is 13.3. The Hall–Kier alpha value is -2.78. The number of amides is 1. The van der Waals surface area contributed by atoms with Crippen LogP contribution in [0.5, 0.6) is 11.5 Å². The molecule has 2 aromatic carbocycles. The van der Waals surface area contributed by atoms with E-state index in [0.29, 0.717) is 18.1 Å². The first kappa shape index (κ1) is 22.5. The van der Waals surface area contributed by atoms with E-state index in [9.17, 15) is 13.2 Å². The van der Waals surface area contributed by atoms with E-state index in [1.807, 2.05) is 0 Å². The van der Waals surface area contributed by atoms with E-state index in [1.165, 1.54) is 39.5 Å². The number of benzene rings is 2. The van der Waals surface area contributed by atoms with Crippen molar-refractivity contribution in [2.45, 2.75) is 17.9 Å². The lowest BCUT2D eigenvalue weighted by Crippen LogP contribution is -2.44. The van der Waals surface area contributed by atoms with Gasteiger partial charge >= 0.3 is 0 Å². The average Bonchev–Trinajstić information content (AvgIpc) is 2.72. The van der Waals surface area contributed by atoms with Crippen LogP contribution in [0.15, 0.2) is 53.4 Å². The second-order valence-electron chi connectivity index (χ2n) is 6.29. The van der Waals surface area contributed by atoms with Gasteiger partial charge in [-0.25, -0.2) is 8.42 Å². The SMILES string of the molecule is COC[C@@H](C)NC(=O)CN(c1ccc(OC)c(OC)c1)S(=O)(=O)c1ccccc1. The molecular formula is C20H26N2O6S. The van der Waals surface area contributed by atoms with Crippen molar-refractivity contribution in [3.8, 4) is 11.5 Å². The van der Waals surface area contributed by atoms with Crippen molar-refractivity contribution < 1.29 is 27.4 Å². The quantitative estimate of drug-likeness (QED) is 0.630. The van der Waals surface area contributed by atoms with Gasteiger partial charge in [-0.15, -0.1) is 0 Å². The smallest absolute Gasteiger partial charge is 0.264 e. The molecule has 2 aromatic rings. The van der Waals surface area contributed by atoms with E-state index in [-0.39, 0.29) is 16.6 Å². The van der Waals surface area contributed by atoms with Crippen molar-refractivity contribution in [2.24, 2.45) is 0 Å². The molecule has 1 atom stereocenters. The number of hydrogen-bond acceptors (Lipinski definition) is 6. The zero-order valence-electron chi connectivity index (χ0n) is 16.9. The van der Waals surface area contributed by atoms with Gasteiger partial charge in [0.25, 0.3) is 10.0 Å². The molecule has 0 saturated carbocycles. The zero-order valence-corrected chi connectivity index (χ0v) is 17.7. The molecule has 0 spiro atoms. The van der Waals surface area contributed by atoms with Crippen LogP contribution in [0.25, 0.3) is 0 Å². The third kappa shape index (κ3) is 5.61. The van der Waals surface area contributed by atoms with Crippen LogP contribution in [0.4, 0.5) is 5.69 Å². The van der Waals surface area contributed by atoms with Gasteiger partial charge < -0.3 is 19.5 Å². The van der Waals surface area contributed by atoms with Crippen LogP contribution in [0, 0.1) is 0 Å². The van der Waals surface area contributed by atoms with Crippen molar-refractivity contribution in [3.05, 3.63) is 48.5 Å². The molecule has 1 N–H and O–H groups in total. The second kappa shape index (κ2) is 10.1. The monoisotopic (exact) mass is 422 g/mol. The molecule has 0 heterocycles.